The van der Waals surface area contributed by atoms with Crippen molar-refractivity contribution in [2.24, 2.45) is 0 Å². The summed E-state index contributed by atoms with van der Waals surface area (Å²) in [7, 11) is -3.60. The Morgan fingerprint density at radius 1 is 0.884 bits per heavy atom. The predicted octanol–water partition coefficient (Wildman–Crippen LogP) is 8.54. The second-order valence-corrected chi connectivity index (χ2v) is 22.8. The molecule has 0 N–H and O–H groups in total. The molecule has 0 saturated heterocycles. The van der Waals surface area contributed by atoms with Gasteiger partial charge in [0, 0.05) is 5.54 Å². The first kappa shape index (κ1) is 31.4. The Morgan fingerprint density at radius 3 is 1.98 bits per heavy atom. The molecule has 4 aromatic rings. The monoisotopic (exact) mass is 617 g/mol. The highest BCUT2D eigenvalue weighted by Crippen LogP contribution is 2.56. The minimum atomic E-state index is -2.19. The molecule has 0 heterocycles. The average molecular weight is 618 g/mol. The van der Waals surface area contributed by atoms with Crippen LogP contribution >= 0.6 is 7.92 Å². The number of allylic oxidation sites excluding steroid dienone is 1. The van der Waals surface area contributed by atoms with Crippen molar-refractivity contribution < 1.29 is 4.74 Å². The summed E-state index contributed by atoms with van der Waals surface area (Å²) in [6, 6.07) is 33.9. The van der Waals surface area contributed by atoms with E-state index in [-0.39, 0.29) is 5.41 Å². The standard InChI is InChI=1S/C39H46OPSi2/c1-10-25-40-37-35(26-28(2)38(42(6)7)36(37)39(3,4)5)43(8,9)34-27-33(31-23-17-18-24-32(31)34)41(29-19-13-11-14-20-29)30-21-15-12-16-22-30/h10-24,26-27,34H,1,25H2,2-9H3. The van der Waals surface area contributed by atoms with E-state index in [2.05, 4.69) is 158 Å². The summed E-state index contributed by atoms with van der Waals surface area (Å²) in [5.41, 5.74) is 6.04. The van der Waals surface area contributed by atoms with Gasteiger partial charge in [-0.05, 0) is 58.1 Å². The Kier molecular flexibility index (Phi) is 9.19. The van der Waals surface area contributed by atoms with E-state index in [0.717, 1.165) is 5.75 Å². The van der Waals surface area contributed by atoms with Crippen LogP contribution in [0.5, 0.6) is 5.75 Å². The van der Waals surface area contributed by atoms with Crippen LogP contribution in [-0.4, -0.2) is 23.5 Å². The van der Waals surface area contributed by atoms with Crippen molar-refractivity contribution in [3.63, 3.8) is 0 Å². The molecule has 0 spiro atoms. The highest BCUT2D eigenvalue weighted by Gasteiger charge is 2.43. The number of hydrogen-bond donors (Lipinski definition) is 0. The summed E-state index contributed by atoms with van der Waals surface area (Å²) in [5, 5.41) is 7.25. The largest absolute Gasteiger partial charge is 0.489 e. The Labute approximate surface area is 264 Å². The van der Waals surface area contributed by atoms with Crippen molar-refractivity contribution in [1.82, 2.24) is 0 Å². The van der Waals surface area contributed by atoms with Crippen LogP contribution in [0.3, 0.4) is 0 Å². The Balaban J connectivity index is 1.76. The van der Waals surface area contributed by atoms with Gasteiger partial charge >= 0.3 is 0 Å². The molecule has 1 radical (unpaired) electrons. The molecule has 221 valence electrons. The van der Waals surface area contributed by atoms with Gasteiger partial charge in [0.15, 0.2) is 0 Å². The lowest BCUT2D eigenvalue weighted by atomic mass is 9.85. The maximum Gasteiger partial charge on any atom is 0.122 e. The van der Waals surface area contributed by atoms with Gasteiger partial charge in [-0.3, -0.25) is 0 Å². The van der Waals surface area contributed by atoms with Crippen molar-refractivity contribution in [2.45, 2.75) is 64.8 Å². The second kappa shape index (κ2) is 12.6. The summed E-state index contributed by atoms with van der Waals surface area (Å²) in [5.74, 6) is 1.13. The molecule has 0 aromatic heterocycles. The lowest BCUT2D eigenvalue weighted by Crippen LogP contribution is -2.50. The zero-order valence-corrected chi connectivity index (χ0v) is 30.1. The van der Waals surface area contributed by atoms with Gasteiger partial charge in [-0.15, -0.1) is 0 Å². The lowest BCUT2D eigenvalue weighted by molar-refractivity contribution is 0.354. The topological polar surface area (TPSA) is 9.23 Å². The Bertz CT molecular complexity index is 1590. The quantitative estimate of drug-likeness (QED) is 0.104. The van der Waals surface area contributed by atoms with Gasteiger partial charge in [0.25, 0.3) is 0 Å². The summed E-state index contributed by atoms with van der Waals surface area (Å²) >= 11 is 0. The molecule has 1 aliphatic carbocycles. The zero-order valence-electron chi connectivity index (χ0n) is 27.2. The third-order valence-electron chi connectivity index (χ3n) is 8.71. The van der Waals surface area contributed by atoms with E-state index in [0.29, 0.717) is 12.1 Å². The van der Waals surface area contributed by atoms with Crippen molar-refractivity contribution >= 4 is 51.1 Å². The van der Waals surface area contributed by atoms with Crippen LogP contribution in [0.25, 0.3) is 5.31 Å². The maximum absolute atomic E-state index is 6.75. The summed E-state index contributed by atoms with van der Waals surface area (Å²) in [6.07, 6.45) is 4.55. The van der Waals surface area contributed by atoms with Gasteiger partial charge in [0.05, 0.1) is 16.9 Å². The summed E-state index contributed by atoms with van der Waals surface area (Å²) in [4.78, 5) is 0. The fourth-order valence-corrected chi connectivity index (χ4v) is 14.7. The normalized spacial score (nSPS) is 15.0. The molecule has 5 rings (SSSR count). The van der Waals surface area contributed by atoms with Gasteiger partial charge in [-0.1, -0.05) is 167 Å². The van der Waals surface area contributed by atoms with Gasteiger partial charge in [0.1, 0.15) is 12.4 Å². The Hall–Kier alpha value is -2.98. The third kappa shape index (κ3) is 6.05. The first-order valence-corrected chi connectivity index (χ1v) is 22.3. The third-order valence-corrected chi connectivity index (χ3v) is 16.6. The fourth-order valence-electron chi connectivity index (χ4n) is 6.81. The fraction of sp³-hybridized carbons (Fsp3) is 0.282. The van der Waals surface area contributed by atoms with Gasteiger partial charge in [-0.25, -0.2) is 0 Å². The van der Waals surface area contributed by atoms with Crippen molar-refractivity contribution in [3.05, 3.63) is 132 Å². The van der Waals surface area contributed by atoms with E-state index in [4.69, 9.17) is 4.74 Å². The number of fused-ring (bicyclic) bond motifs is 1. The molecular weight excluding hydrogens is 572 g/mol. The summed E-state index contributed by atoms with van der Waals surface area (Å²) in [6.45, 7) is 23.9. The molecule has 0 bridgehead atoms. The Morgan fingerprint density at radius 2 is 1.44 bits per heavy atom. The zero-order chi connectivity index (χ0) is 30.9. The van der Waals surface area contributed by atoms with Crippen LogP contribution in [0.1, 0.15) is 48.6 Å². The molecule has 4 heteroatoms. The number of ether oxygens (including phenoxy) is 1. The van der Waals surface area contributed by atoms with Crippen molar-refractivity contribution in [3.8, 4) is 5.75 Å². The van der Waals surface area contributed by atoms with Crippen molar-refractivity contribution in [1.29, 1.82) is 0 Å². The highest BCUT2D eigenvalue weighted by atomic mass is 31.1. The van der Waals surface area contributed by atoms with E-state index >= 15 is 0 Å². The molecule has 1 aliphatic rings. The van der Waals surface area contributed by atoms with Crippen LogP contribution in [-0.2, 0) is 5.41 Å². The molecule has 4 aromatic carbocycles. The van der Waals surface area contributed by atoms with Crippen molar-refractivity contribution in [2.75, 3.05) is 6.61 Å². The van der Waals surface area contributed by atoms with Crippen LogP contribution in [0, 0.1) is 6.92 Å². The van der Waals surface area contributed by atoms with E-state index < -0.39 is 24.8 Å². The van der Waals surface area contributed by atoms with E-state index in [1.807, 2.05) is 6.08 Å². The second-order valence-electron chi connectivity index (χ2n) is 13.5. The predicted molar refractivity (Wildman–Crippen MR) is 196 cm³/mol. The maximum atomic E-state index is 6.75. The van der Waals surface area contributed by atoms with Gasteiger partial charge in [-0.2, -0.15) is 0 Å². The SMILES string of the molecule is C=CCOc1c([Si](C)(C)C2C=C(P(c3ccccc3)c3ccccc3)c3ccccc32)cc(C)c([Si](C)C)c1C(C)(C)C. The molecule has 1 unspecified atom stereocenters. The van der Waals surface area contributed by atoms with Gasteiger partial charge < -0.3 is 4.74 Å². The highest BCUT2D eigenvalue weighted by molar-refractivity contribution is 7.82. The van der Waals surface area contributed by atoms with Crippen LogP contribution in [0.4, 0.5) is 0 Å². The molecule has 0 fully saturated rings. The smallest absolute Gasteiger partial charge is 0.122 e. The number of hydrogen-bond acceptors (Lipinski definition) is 1. The molecule has 0 aliphatic heterocycles. The lowest BCUT2D eigenvalue weighted by Gasteiger charge is -2.37. The average Bonchev–Trinajstić information content (AvgIpc) is 3.36. The van der Waals surface area contributed by atoms with Crippen LogP contribution in [0.2, 0.25) is 26.2 Å². The first-order valence-electron chi connectivity index (χ1n) is 15.4. The van der Waals surface area contributed by atoms with E-state index in [1.54, 1.807) is 0 Å². The number of aryl methyl sites for hydroxylation is 1. The minimum absolute atomic E-state index is 0.0253. The van der Waals surface area contributed by atoms with Crippen LogP contribution in [0.15, 0.2) is 110 Å². The molecule has 1 atom stereocenters. The summed E-state index contributed by atoms with van der Waals surface area (Å²) < 4.78 is 6.75. The number of benzene rings is 4. The molecule has 0 amide bonds. The molecule has 1 nitrogen and oxygen atoms in total. The molecule has 0 saturated carbocycles. The van der Waals surface area contributed by atoms with Gasteiger partial charge in [0.2, 0.25) is 0 Å². The molecule has 43 heavy (non-hydrogen) atoms. The number of rotatable bonds is 9. The first-order chi connectivity index (χ1) is 20.5. The minimum Gasteiger partial charge on any atom is -0.489 e. The molecular formula is C39H46OPSi2. The van der Waals surface area contributed by atoms with E-state index in [1.165, 1.54) is 48.6 Å². The van der Waals surface area contributed by atoms with Crippen LogP contribution < -0.4 is 25.7 Å². The van der Waals surface area contributed by atoms with E-state index in [9.17, 15) is 0 Å².